The maximum atomic E-state index is 13.5. The van der Waals surface area contributed by atoms with Crippen LogP contribution in [0.4, 0.5) is 9.59 Å². The number of benzene rings is 2. The van der Waals surface area contributed by atoms with E-state index < -0.39 is 18.2 Å². The maximum absolute atomic E-state index is 13.5. The van der Waals surface area contributed by atoms with Crippen molar-refractivity contribution in [1.29, 1.82) is 0 Å². The largest absolute Gasteiger partial charge is 0.465 e. The third-order valence-corrected chi connectivity index (χ3v) is 10.3. The van der Waals surface area contributed by atoms with E-state index in [1.165, 1.54) is 7.11 Å². The molecule has 15 heteroatoms. The Hall–Kier alpha value is -5.25. The number of carbonyl (C=O) groups excluding carboxylic acids is 2. The summed E-state index contributed by atoms with van der Waals surface area (Å²) < 4.78 is 15.1. The Balaban J connectivity index is 1.08. The van der Waals surface area contributed by atoms with Crippen LogP contribution in [0.1, 0.15) is 62.3 Å². The van der Waals surface area contributed by atoms with Crippen molar-refractivity contribution in [3.8, 4) is 33.6 Å². The van der Waals surface area contributed by atoms with Crippen LogP contribution in [0.5, 0.6) is 0 Å². The van der Waals surface area contributed by atoms with Gasteiger partial charge in [0, 0.05) is 53.0 Å². The van der Waals surface area contributed by atoms with Crippen LogP contribution in [0.3, 0.4) is 0 Å². The number of carbonyl (C=O) groups is 3. The van der Waals surface area contributed by atoms with Crippen LogP contribution in [0.2, 0.25) is 0 Å². The minimum Gasteiger partial charge on any atom is -0.465 e. The Kier molecular flexibility index (Phi) is 13.0. The van der Waals surface area contributed by atoms with Crippen molar-refractivity contribution in [1.82, 2.24) is 40.4 Å². The van der Waals surface area contributed by atoms with E-state index >= 15 is 0 Å². The summed E-state index contributed by atoms with van der Waals surface area (Å²) in [5.41, 5.74) is 5.94. The molecule has 3 amide bonds. The summed E-state index contributed by atoms with van der Waals surface area (Å²) in [6.07, 6.45) is 6.50. The molecule has 5 N–H and O–H groups in total. The molecule has 4 aromatic rings. The number of hydrogen-bond acceptors (Lipinski definition) is 9. The highest BCUT2D eigenvalue weighted by molar-refractivity contribution is 5.86. The van der Waals surface area contributed by atoms with Gasteiger partial charge in [0.1, 0.15) is 17.7 Å². The van der Waals surface area contributed by atoms with Crippen molar-refractivity contribution in [2.75, 3.05) is 54.2 Å². The topological polar surface area (TPSA) is 187 Å². The zero-order valence-electron chi connectivity index (χ0n) is 31.0. The average Bonchev–Trinajstić information content (AvgIpc) is 4.02. The Morgan fingerprint density at radius 3 is 1.89 bits per heavy atom. The number of nitrogens with one attached hydrogen (secondary N) is 4. The number of nitrogens with zero attached hydrogens (tertiary/aromatic N) is 4. The first-order chi connectivity index (χ1) is 26.3. The van der Waals surface area contributed by atoms with Gasteiger partial charge in [-0.05, 0) is 60.9 Å². The summed E-state index contributed by atoms with van der Waals surface area (Å²) in [7, 11) is 4.45. The van der Waals surface area contributed by atoms with Crippen molar-refractivity contribution < 1.29 is 33.7 Å². The van der Waals surface area contributed by atoms with E-state index in [4.69, 9.17) is 19.2 Å². The molecular weight excluding hydrogens is 692 g/mol. The highest BCUT2D eigenvalue weighted by Gasteiger charge is 2.36. The quantitative estimate of drug-likeness (QED) is 0.1000. The van der Waals surface area contributed by atoms with Crippen LogP contribution in [-0.4, -0.2) is 119 Å². The SMILES string of the molecule is COCC[C@@H](CN1CCC[C@H]1c1ncc(-c2ccc(-c3ccc(-c4cnc([C@@H]5CCCN5C(=O)[C@H](CCOC)NC(=O)OC)[nH]4)cc3)cc2)[nH]1)NC(=O)O. The number of imidazole rings is 2. The van der Waals surface area contributed by atoms with E-state index in [2.05, 4.69) is 79.0 Å². The minimum atomic E-state index is -1.03. The van der Waals surface area contributed by atoms with Crippen LogP contribution < -0.4 is 10.6 Å². The molecule has 4 heterocycles. The average molecular weight is 743 g/mol. The molecule has 15 nitrogen and oxygen atoms in total. The molecule has 0 saturated carbocycles. The lowest BCUT2D eigenvalue weighted by molar-refractivity contribution is -0.134. The fourth-order valence-electron chi connectivity index (χ4n) is 7.48. The van der Waals surface area contributed by atoms with E-state index in [1.54, 1.807) is 25.3 Å². The van der Waals surface area contributed by atoms with Gasteiger partial charge in [-0.15, -0.1) is 0 Å². The number of ether oxygens (including phenoxy) is 3. The van der Waals surface area contributed by atoms with Crippen molar-refractivity contribution in [3.63, 3.8) is 0 Å². The normalized spacial score (nSPS) is 18.4. The summed E-state index contributed by atoms with van der Waals surface area (Å²) in [4.78, 5) is 57.3. The Morgan fingerprint density at radius 2 is 1.31 bits per heavy atom. The maximum Gasteiger partial charge on any atom is 0.407 e. The van der Waals surface area contributed by atoms with E-state index in [9.17, 15) is 19.5 Å². The van der Waals surface area contributed by atoms with Gasteiger partial charge in [0.2, 0.25) is 5.91 Å². The number of aromatic amines is 2. The molecule has 0 spiro atoms. The zero-order chi connectivity index (χ0) is 38.0. The summed E-state index contributed by atoms with van der Waals surface area (Å²) in [5.74, 6) is 1.42. The number of carboxylic acid groups (broad SMARTS) is 1. The smallest absolute Gasteiger partial charge is 0.407 e. The number of alkyl carbamates (subject to hydrolysis) is 1. The van der Waals surface area contributed by atoms with Crippen LogP contribution in [0.25, 0.3) is 33.6 Å². The second-order valence-corrected chi connectivity index (χ2v) is 13.8. The third-order valence-electron chi connectivity index (χ3n) is 10.3. The second-order valence-electron chi connectivity index (χ2n) is 13.8. The standard InChI is InChI=1S/C39H50N8O7/c1-52-20-16-29(42-38(49)50)24-46-18-4-6-33(46)35-40-22-31(43-35)27-12-8-25(9-13-27)26-10-14-28(15-11-26)32-23-41-36(44-32)34-7-5-19-47(34)37(48)30(17-21-53-2)45-39(51)54-3/h8-15,22-23,29-30,33-34,42H,4-7,16-21,24H2,1-3H3,(H,40,43)(H,41,44)(H,45,51)(H,49,50)/t29-,30-,33-,34-/m0/s1. The first-order valence-corrected chi connectivity index (χ1v) is 18.4. The summed E-state index contributed by atoms with van der Waals surface area (Å²) in [6, 6.07) is 15.5. The molecule has 2 aromatic heterocycles. The van der Waals surface area contributed by atoms with Crippen LogP contribution in [-0.2, 0) is 19.0 Å². The molecule has 6 rings (SSSR count). The number of hydrogen-bond donors (Lipinski definition) is 5. The van der Waals surface area contributed by atoms with Gasteiger partial charge in [0.05, 0.1) is 43.0 Å². The summed E-state index contributed by atoms with van der Waals surface area (Å²) in [6.45, 7) is 2.86. The molecule has 0 unspecified atom stereocenters. The number of rotatable bonds is 16. The molecule has 2 fully saturated rings. The predicted molar refractivity (Wildman–Crippen MR) is 202 cm³/mol. The van der Waals surface area contributed by atoms with Gasteiger partial charge in [0.25, 0.3) is 0 Å². The molecule has 288 valence electrons. The van der Waals surface area contributed by atoms with Crippen molar-refractivity contribution in [3.05, 3.63) is 72.6 Å². The van der Waals surface area contributed by atoms with Crippen molar-refractivity contribution in [2.45, 2.75) is 62.7 Å². The molecule has 0 radical (unpaired) electrons. The van der Waals surface area contributed by atoms with Gasteiger partial charge < -0.3 is 44.8 Å². The van der Waals surface area contributed by atoms with E-state index in [0.29, 0.717) is 45.0 Å². The van der Waals surface area contributed by atoms with Gasteiger partial charge in [-0.1, -0.05) is 48.5 Å². The van der Waals surface area contributed by atoms with Gasteiger partial charge in [-0.2, -0.15) is 0 Å². The second kappa shape index (κ2) is 18.2. The van der Waals surface area contributed by atoms with Crippen LogP contribution in [0.15, 0.2) is 60.9 Å². The molecule has 2 saturated heterocycles. The lowest BCUT2D eigenvalue weighted by atomic mass is 10.0. The third kappa shape index (κ3) is 9.27. The van der Waals surface area contributed by atoms with Crippen molar-refractivity contribution >= 4 is 18.1 Å². The molecule has 2 aromatic carbocycles. The minimum absolute atomic E-state index is 0.0940. The molecule has 4 atom stereocenters. The van der Waals surface area contributed by atoms with Gasteiger partial charge in [-0.3, -0.25) is 9.69 Å². The lowest BCUT2D eigenvalue weighted by Gasteiger charge is -2.28. The highest BCUT2D eigenvalue weighted by atomic mass is 16.5. The first kappa shape index (κ1) is 38.5. The van der Waals surface area contributed by atoms with E-state index in [0.717, 1.165) is 71.7 Å². The number of methoxy groups -OCH3 is 3. The summed E-state index contributed by atoms with van der Waals surface area (Å²) in [5, 5.41) is 14.6. The fourth-order valence-corrected chi connectivity index (χ4v) is 7.48. The highest BCUT2D eigenvalue weighted by Crippen LogP contribution is 2.34. The molecule has 2 aliphatic rings. The molecule has 0 aliphatic carbocycles. The number of H-pyrrole nitrogens is 2. The Bertz CT molecular complexity index is 1840. The number of aromatic nitrogens is 4. The Morgan fingerprint density at radius 1 is 0.778 bits per heavy atom. The van der Waals surface area contributed by atoms with E-state index in [1.807, 2.05) is 6.20 Å². The van der Waals surface area contributed by atoms with Crippen LogP contribution >= 0.6 is 0 Å². The summed E-state index contributed by atoms with van der Waals surface area (Å²) >= 11 is 0. The predicted octanol–water partition coefficient (Wildman–Crippen LogP) is 5.37. The van der Waals surface area contributed by atoms with Crippen LogP contribution in [0, 0.1) is 0 Å². The molecule has 0 bridgehead atoms. The number of amides is 3. The molecular formula is C39H50N8O7. The van der Waals surface area contributed by atoms with Gasteiger partial charge in [0.15, 0.2) is 0 Å². The lowest BCUT2D eigenvalue weighted by Crippen LogP contribution is -2.49. The van der Waals surface area contributed by atoms with Gasteiger partial charge in [-0.25, -0.2) is 19.6 Å². The molecule has 54 heavy (non-hydrogen) atoms. The van der Waals surface area contributed by atoms with Crippen molar-refractivity contribution in [2.24, 2.45) is 0 Å². The zero-order valence-corrected chi connectivity index (χ0v) is 31.0. The van der Waals surface area contributed by atoms with Gasteiger partial charge >= 0.3 is 12.2 Å². The van der Waals surface area contributed by atoms with E-state index in [-0.39, 0.29) is 24.0 Å². The fraction of sp³-hybridized carbons (Fsp3) is 0.462. The number of likely N-dealkylation sites (tertiary alicyclic amines) is 2. The first-order valence-electron chi connectivity index (χ1n) is 18.4. The molecule has 2 aliphatic heterocycles. The Labute approximate surface area is 314 Å². The monoisotopic (exact) mass is 742 g/mol.